The van der Waals surface area contributed by atoms with Crippen molar-refractivity contribution < 1.29 is 13.9 Å². The van der Waals surface area contributed by atoms with Crippen LogP contribution in [0.2, 0.25) is 0 Å². The fraction of sp³-hybridized carbons (Fsp3) is 0.389. The van der Waals surface area contributed by atoms with Gasteiger partial charge >= 0.3 is 0 Å². The lowest BCUT2D eigenvalue weighted by molar-refractivity contribution is 0.311. The number of hydrogen-bond donors (Lipinski definition) is 2. The van der Waals surface area contributed by atoms with Crippen LogP contribution in [0, 0.1) is 13.8 Å². The molecule has 1 aromatic heterocycles. The molecule has 0 aliphatic rings. The van der Waals surface area contributed by atoms with Crippen molar-refractivity contribution in [2.45, 2.75) is 27.3 Å². The van der Waals surface area contributed by atoms with Crippen molar-refractivity contribution in [2.75, 3.05) is 26.1 Å². The summed E-state index contributed by atoms with van der Waals surface area (Å²) in [4.78, 5) is 4.24. The van der Waals surface area contributed by atoms with Crippen LogP contribution in [0.3, 0.4) is 0 Å². The summed E-state index contributed by atoms with van der Waals surface area (Å²) >= 11 is 0. The van der Waals surface area contributed by atoms with Crippen LogP contribution in [0.25, 0.3) is 0 Å². The van der Waals surface area contributed by atoms with Gasteiger partial charge in [-0.05, 0) is 39.0 Å². The molecule has 6 heteroatoms. The molecule has 0 aliphatic carbocycles. The summed E-state index contributed by atoms with van der Waals surface area (Å²) < 4.78 is 16.4. The van der Waals surface area contributed by atoms with Gasteiger partial charge in [0.05, 0.1) is 13.7 Å². The van der Waals surface area contributed by atoms with Crippen molar-refractivity contribution in [3.05, 3.63) is 41.3 Å². The molecule has 0 fully saturated rings. The summed E-state index contributed by atoms with van der Waals surface area (Å²) in [6.07, 6.45) is 0. The van der Waals surface area contributed by atoms with E-state index in [1.807, 2.05) is 45.0 Å². The highest BCUT2D eigenvalue weighted by atomic mass is 16.5. The number of hydrogen-bond acceptors (Lipinski definition) is 4. The first-order chi connectivity index (χ1) is 11.6. The number of anilines is 1. The molecule has 2 aromatic rings. The fourth-order valence-electron chi connectivity index (χ4n) is 2.37. The third-order valence-electron chi connectivity index (χ3n) is 3.54. The van der Waals surface area contributed by atoms with Crippen molar-refractivity contribution in [1.29, 1.82) is 0 Å². The standard InChI is InChI=1S/C18H25N3O3/c1-6-23-16-8-7-15(10-17(16)22-5)21-18(19-4)20-11-14-9-12(2)24-13(14)3/h7-10H,6,11H2,1-5H3,(H2,19,20,21). The van der Waals surface area contributed by atoms with Crippen LogP contribution in [0.4, 0.5) is 5.69 Å². The number of aliphatic imine (C=N–C) groups is 1. The Labute approximate surface area is 142 Å². The maximum absolute atomic E-state index is 5.53. The molecule has 2 rings (SSSR count). The molecule has 1 aromatic carbocycles. The van der Waals surface area contributed by atoms with Gasteiger partial charge in [-0.15, -0.1) is 0 Å². The van der Waals surface area contributed by atoms with Crippen LogP contribution in [-0.2, 0) is 6.54 Å². The Bertz CT molecular complexity index is 708. The molecule has 2 N–H and O–H groups in total. The monoisotopic (exact) mass is 331 g/mol. The Balaban J connectivity index is 2.03. The molecule has 6 nitrogen and oxygen atoms in total. The first kappa shape index (κ1) is 17.7. The molecule has 0 saturated carbocycles. The Morgan fingerprint density at radius 3 is 2.58 bits per heavy atom. The van der Waals surface area contributed by atoms with Gasteiger partial charge in [0, 0.05) is 30.9 Å². The molecule has 0 aliphatic heterocycles. The molecule has 0 atom stereocenters. The predicted molar refractivity (Wildman–Crippen MR) is 96.2 cm³/mol. The summed E-state index contributed by atoms with van der Waals surface area (Å²) in [7, 11) is 3.35. The van der Waals surface area contributed by atoms with Crippen molar-refractivity contribution in [1.82, 2.24) is 5.32 Å². The normalized spacial score (nSPS) is 11.3. The third kappa shape index (κ3) is 4.44. The van der Waals surface area contributed by atoms with E-state index in [0.717, 1.165) is 28.5 Å². The number of guanidine groups is 1. The number of methoxy groups -OCH3 is 1. The number of ether oxygens (including phenoxy) is 2. The van der Waals surface area contributed by atoms with Crippen molar-refractivity contribution >= 4 is 11.6 Å². The van der Waals surface area contributed by atoms with Gasteiger partial charge < -0.3 is 24.5 Å². The van der Waals surface area contributed by atoms with E-state index in [1.54, 1.807) is 14.2 Å². The highest BCUT2D eigenvalue weighted by Crippen LogP contribution is 2.30. The van der Waals surface area contributed by atoms with Gasteiger partial charge in [-0.2, -0.15) is 0 Å². The zero-order chi connectivity index (χ0) is 17.5. The lowest BCUT2D eigenvalue weighted by Crippen LogP contribution is -2.30. The second-order valence-corrected chi connectivity index (χ2v) is 5.29. The third-order valence-corrected chi connectivity index (χ3v) is 3.54. The molecular weight excluding hydrogens is 306 g/mol. The van der Waals surface area contributed by atoms with Crippen LogP contribution in [0.5, 0.6) is 11.5 Å². The molecule has 24 heavy (non-hydrogen) atoms. The Hall–Kier alpha value is -2.63. The number of nitrogens with zero attached hydrogens (tertiary/aromatic N) is 1. The van der Waals surface area contributed by atoms with Gasteiger partial charge in [0.1, 0.15) is 11.5 Å². The summed E-state index contributed by atoms with van der Waals surface area (Å²) in [6.45, 7) is 7.07. The lowest BCUT2D eigenvalue weighted by Gasteiger charge is -2.14. The molecule has 0 amide bonds. The van der Waals surface area contributed by atoms with E-state index in [-0.39, 0.29) is 0 Å². The van der Waals surface area contributed by atoms with E-state index in [9.17, 15) is 0 Å². The average molecular weight is 331 g/mol. The summed E-state index contributed by atoms with van der Waals surface area (Å²) in [6, 6.07) is 7.70. The summed E-state index contributed by atoms with van der Waals surface area (Å²) in [5.74, 6) is 3.89. The number of rotatable bonds is 6. The van der Waals surface area contributed by atoms with E-state index in [2.05, 4.69) is 15.6 Å². The number of aryl methyl sites for hydroxylation is 2. The number of benzene rings is 1. The highest BCUT2D eigenvalue weighted by molar-refractivity contribution is 5.93. The fourth-order valence-corrected chi connectivity index (χ4v) is 2.37. The molecule has 0 spiro atoms. The van der Waals surface area contributed by atoms with Crippen LogP contribution in [0.15, 0.2) is 33.7 Å². The summed E-state index contributed by atoms with van der Waals surface area (Å²) in [5.41, 5.74) is 1.98. The van der Waals surface area contributed by atoms with E-state index < -0.39 is 0 Å². The van der Waals surface area contributed by atoms with E-state index in [0.29, 0.717) is 24.9 Å². The average Bonchev–Trinajstić information content (AvgIpc) is 2.90. The van der Waals surface area contributed by atoms with Gasteiger partial charge in [-0.25, -0.2) is 0 Å². The Morgan fingerprint density at radius 2 is 2.00 bits per heavy atom. The first-order valence-electron chi connectivity index (χ1n) is 7.91. The van der Waals surface area contributed by atoms with Crippen molar-refractivity contribution in [2.24, 2.45) is 4.99 Å². The Morgan fingerprint density at radius 1 is 1.21 bits per heavy atom. The van der Waals surface area contributed by atoms with E-state index in [4.69, 9.17) is 13.9 Å². The van der Waals surface area contributed by atoms with Gasteiger partial charge in [0.25, 0.3) is 0 Å². The van der Waals surface area contributed by atoms with Gasteiger partial charge in [-0.1, -0.05) is 0 Å². The smallest absolute Gasteiger partial charge is 0.195 e. The minimum Gasteiger partial charge on any atom is -0.493 e. The van der Waals surface area contributed by atoms with Crippen LogP contribution in [0.1, 0.15) is 24.0 Å². The molecule has 0 radical (unpaired) electrons. The summed E-state index contributed by atoms with van der Waals surface area (Å²) in [5, 5.41) is 6.51. The second kappa shape index (κ2) is 8.29. The molecule has 0 bridgehead atoms. The van der Waals surface area contributed by atoms with Crippen molar-refractivity contribution in [3.8, 4) is 11.5 Å². The lowest BCUT2D eigenvalue weighted by atomic mass is 10.2. The topological polar surface area (TPSA) is 68.0 Å². The van der Waals surface area contributed by atoms with Crippen LogP contribution < -0.4 is 20.1 Å². The predicted octanol–water partition coefficient (Wildman–Crippen LogP) is 3.49. The minimum absolute atomic E-state index is 0.593. The SMILES string of the molecule is CCOc1ccc(NC(=NC)NCc2cc(C)oc2C)cc1OC. The zero-order valence-corrected chi connectivity index (χ0v) is 14.9. The maximum atomic E-state index is 5.53. The molecule has 0 unspecified atom stereocenters. The largest absolute Gasteiger partial charge is 0.493 e. The van der Waals surface area contributed by atoms with Crippen molar-refractivity contribution in [3.63, 3.8) is 0 Å². The van der Waals surface area contributed by atoms with Crippen LogP contribution in [-0.4, -0.2) is 26.7 Å². The van der Waals surface area contributed by atoms with E-state index in [1.165, 1.54) is 0 Å². The molecule has 1 heterocycles. The first-order valence-corrected chi connectivity index (χ1v) is 7.91. The van der Waals surface area contributed by atoms with Gasteiger partial charge in [0.2, 0.25) is 0 Å². The highest BCUT2D eigenvalue weighted by Gasteiger charge is 2.08. The Kier molecular flexibility index (Phi) is 6.12. The number of nitrogens with one attached hydrogen (secondary N) is 2. The minimum atomic E-state index is 0.593. The second-order valence-electron chi connectivity index (χ2n) is 5.29. The molecular formula is C18H25N3O3. The number of furan rings is 1. The zero-order valence-electron chi connectivity index (χ0n) is 14.9. The van der Waals surface area contributed by atoms with Gasteiger partial charge in [0.15, 0.2) is 17.5 Å². The van der Waals surface area contributed by atoms with E-state index >= 15 is 0 Å². The molecule has 130 valence electrons. The maximum Gasteiger partial charge on any atom is 0.195 e. The quantitative estimate of drug-likeness (QED) is 0.626. The van der Waals surface area contributed by atoms with Gasteiger partial charge in [-0.3, -0.25) is 4.99 Å². The molecule has 0 saturated heterocycles. The van der Waals surface area contributed by atoms with Crippen LogP contribution >= 0.6 is 0 Å².